The molecule has 3 nitrogen and oxygen atoms in total. The third kappa shape index (κ3) is 1.69. The molecule has 0 N–H and O–H groups in total. The van der Waals surface area contributed by atoms with Gasteiger partial charge in [0.2, 0.25) is 5.95 Å². The highest BCUT2D eigenvalue weighted by Crippen LogP contribution is 2.36. The zero-order valence-corrected chi connectivity index (χ0v) is 11.6. The van der Waals surface area contributed by atoms with Gasteiger partial charge >= 0.3 is 0 Å². The molecule has 3 heteroatoms. The maximum absolute atomic E-state index is 4.74. The molecule has 3 rings (SSSR count). The Morgan fingerprint density at radius 1 is 1.17 bits per heavy atom. The number of hydrogen-bond donors (Lipinski definition) is 0. The van der Waals surface area contributed by atoms with Crippen molar-refractivity contribution in [3.05, 3.63) is 24.3 Å². The maximum atomic E-state index is 4.74. The van der Waals surface area contributed by atoms with Gasteiger partial charge in [0.25, 0.3) is 0 Å². The van der Waals surface area contributed by atoms with Crippen LogP contribution in [0.3, 0.4) is 0 Å². The quantitative estimate of drug-likeness (QED) is 0.767. The highest BCUT2D eigenvalue weighted by molar-refractivity contribution is 5.78. The number of aryl methyl sites for hydroxylation is 1. The predicted molar refractivity (Wildman–Crippen MR) is 75.9 cm³/mol. The van der Waals surface area contributed by atoms with Crippen molar-refractivity contribution in [1.29, 1.82) is 0 Å². The molecule has 0 bridgehead atoms. The average Bonchev–Trinajstić information content (AvgIpc) is 2.53. The van der Waals surface area contributed by atoms with Crippen LogP contribution < -0.4 is 4.90 Å². The monoisotopic (exact) mass is 243 g/mol. The van der Waals surface area contributed by atoms with Crippen LogP contribution in [-0.2, 0) is 7.05 Å². The molecule has 1 saturated heterocycles. The molecule has 0 radical (unpaired) electrons. The lowest BCUT2D eigenvalue weighted by Crippen LogP contribution is -2.53. The molecule has 0 unspecified atom stereocenters. The van der Waals surface area contributed by atoms with E-state index in [-0.39, 0.29) is 0 Å². The van der Waals surface area contributed by atoms with Gasteiger partial charge in [0.05, 0.1) is 11.0 Å². The van der Waals surface area contributed by atoms with Gasteiger partial charge in [-0.15, -0.1) is 0 Å². The number of nitrogens with zero attached hydrogens (tertiary/aromatic N) is 3. The Morgan fingerprint density at radius 2 is 1.83 bits per heavy atom. The van der Waals surface area contributed by atoms with Crippen LogP contribution in [0.4, 0.5) is 5.95 Å². The van der Waals surface area contributed by atoms with Crippen LogP contribution in [0.2, 0.25) is 0 Å². The minimum absolute atomic E-state index is 0.404. The summed E-state index contributed by atoms with van der Waals surface area (Å²) in [5.41, 5.74) is 2.71. The predicted octanol–water partition coefficient (Wildman–Crippen LogP) is 3.06. The molecule has 2 heterocycles. The second-order valence-electron chi connectivity index (χ2n) is 6.43. The van der Waals surface area contributed by atoms with Crippen LogP contribution in [0, 0.1) is 11.3 Å². The van der Waals surface area contributed by atoms with Gasteiger partial charge in [0, 0.05) is 20.1 Å². The molecule has 1 aliphatic rings. The van der Waals surface area contributed by atoms with Gasteiger partial charge in [-0.3, -0.25) is 0 Å². The summed E-state index contributed by atoms with van der Waals surface area (Å²) in [5, 5.41) is 0. The molecule has 1 aliphatic heterocycles. The van der Waals surface area contributed by atoms with Crippen LogP contribution in [-0.4, -0.2) is 22.6 Å². The SMILES string of the molecule is Cn1c(N2CC(C(C)(C)C)C2)nc2ccccc21. The summed E-state index contributed by atoms with van der Waals surface area (Å²) in [6, 6.07) is 8.34. The van der Waals surface area contributed by atoms with Crippen LogP contribution in [0.5, 0.6) is 0 Å². The van der Waals surface area contributed by atoms with Crippen molar-refractivity contribution in [1.82, 2.24) is 9.55 Å². The van der Waals surface area contributed by atoms with E-state index in [1.807, 2.05) is 6.07 Å². The third-order valence-corrected chi connectivity index (χ3v) is 4.15. The van der Waals surface area contributed by atoms with Gasteiger partial charge in [0.1, 0.15) is 0 Å². The lowest BCUT2D eigenvalue weighted by Gasteiger charge is -2.46. The zero-order chi connectivity index (χ0) is 12.9. The summed E-state index contributed by atoms with van der Waals surface area (Å²) in [6.45, 7) is 9.22. The molecule has 18 heavy (non-hydrogen) atoms. The first kappa shape index (κ1) is 11.6. The Kier molecular flexibility index (Phi) is 2.40. The number of imidazole rings is 1. The standard InChI is InChI=1S/C15H21N3/c1-15(2,3)11-9-18(10-11)14-16-12-7-5-6-8-13(12)17(14)4/h5-8,11H,9-10H2,1-4H3. The van der Waals surface area contributed by atoms with Crippen molar-refractivity contribution in [2.24, 2.45) is 18.4 Å². The summed E-state index contributed by atoms with van der Waals surface area (Å²) in [5.74, 6) is 1.88. The molecule has 1 aromatic heterocycles. The molecule has 0 atom stereocenters. The topological polar surface area (TPSA) is 21.1 Å². The van der Waals surface area contributed by atoms with Crippen molar-refractivity contribution in [3.8, 4) is 0 Å². The summed E-state index contributed by atoms with van der Waals surface area (Å²) >= 11 is 0. The zero-order valence-electron chi connectivity index (χ0n) is 11.6. The summed E-state index contributed by atoms with van der Waals surface area (Å²) in [6.07, 6.45) is 0. The van der Waals surface area contributed by atoms with E-state index in [1.165, 1.54) is 5.52 Å². The number of para-hydroxylation sites is 2. The molecule has 2 aromatic rings. The Balaban J connectivity index is 1.87. The van der Waals surface area contributed by atoms with E-state index in [4.69, 9.17) is 4.98 Å². The number of aromatic nitrogens is 2. The maximum Gasteiger partial charge on any atom is 0.206 e. The van der Waals surface area contributed by atoms with E-state index in [0.29, 0.717) is 5.41 Å². The van der Waals surface area contributed by atoms with Crippen molar-refractivity contribution < 1.29 is 0 Å². The van der Waals surface area contributed by atoms with Crippen molar-refractivity contribution >= 4 is 17.0 Å². The third-order valence-electron chi connectivity index (χ3n) is 4.15. The van der Waals surface area contributed by atoms with Crippen molar-refractivity contribution in [2.45, 2.75) is 20.8 Å². The molecule has 0 aliphatic carbocycles. The van der Waals surface area contributed by atoms with Gasteiger partial charge < -0.3 is 9.47 Å². The van der Waals surface area contributed by atoms with Gasteiger partial charge in [-0.05, 0) is 23.5 Å². The number of anilines is 1. The number of benzene rings is 1. The fourth-order valence-electron chi connectivity index (χ4n) is 2.61. The molecular formula is C15H21N3. The normalized spacial score (nSPS) is 17.2. The first-order chi connectivity index (χ1) is 8.47. The van der Waals surface area contributed by atoms with Crippen LogP contribution in [0.15, 0.2) is 24.3 Å². The molecule has 1 aromatic carbocycles. The second kappa shape index (κ2) is 3.74. The first-order valence-corrected chi connectivity index (χ1v) is 6.63. The molecular weight excluding hydrogens is 222 g/mol. The van der Waals surface area contributed by atoms with E-state index in [9.17, 15) is 0 Å². The molecule has 0 amide bonds. The van der Waals surface area contributed by atoms with Gasteiger partial charge in [-0.2, -0.15) is 0 Å². The molecule has 1 fully saturated rings. The van der Waals surface area contributed by atoms with E-state index in [2.05, 4.69) is 55.5 Å². The lowest BCUT2D eigenvalue weighted by molar-refractivity contribution is 0.193. The Hall–Kier alpha value is -1.51. The minimum atomic E-state index is 0.404. The smallest absolute Gasteiger partial charge is 0.206 e. The summed E-state index contributed by atoms with van der Waals surface area (Å²) in [7, 11) is 2.11. The van der Waals surface area contributed by atoms with Crippen LogP contribution >= 0.6 is 0 Å². The largest absolute Gasteiger partial charge is 0.342 e. The fraction of sp³-hybridized carbons (Fsp3) is 0.533. The molecule has 96 valence electrons. The lowest BCUT2D eigenvalue weighted by atomic mass is 9.76. The number of hydrogen-bond acceptors (Lipinski definition) is 2. The summed E-state index contributed by atoms with van der Waals surface area (Å²) in [4.78, 5) is 7.12. The van der Waals surface area contributed by atoms with Crippen LogP contribution in [0.1, 0.15) is 20.8 Å². The molecule has 0 spiro atoms. The average molecular weight is 243 g/mol. The van der Waals surface area contributed by atoms with Gasteiger partial charge in [0.15, 0.2) is 0 Å². The minimum Gasteiger partial charge on any atom is -0.342 e. The van der Waals surface area contributed by atoms with Gasteiger partial charge in [-0.25, -0.2) is 4.98 Å². The fourth-order valence-corrected chi connectivity index (χ4v) is 2.61. The Bertz CT molecular complexity index is 571. The number of rotatable bonds is 1. The first-order valence-electron chi connectivity index (χ1n) is 6.63. The second-order valence-corrected chi connectivity index (χ2v) is 6.43. The van der Waals surface area contributed by atoms with Crippen LogP contribution in [0.25, 0.3) is 11.0 Å². The Labute approximate surface area is 108 Å². The highest BCUT2D eigenvalue weighted by Gasteiger charge is 2.37. The van der Waals surface area contributed by atoms with E-state index >= 15 is 0 Å². The van der Waals surface area contributed by atoms with Crippen molar-refractivity contribution in [2.75, 3.05) is 18.0 Å². The van der Waals surface area contributed by atoms with E-state index < -0.39 is 0 Å². The van der Waals surface area contributed by atoms with Gasteiger partial charge in [-0.1, -0.05) is 32.9 Å². The Morgan fingerprint density at radius 3 is 2.44 bits per heavy atom. The number of fused-ring (bicyclic) bond motifs is 1. The summed E-state index contributed by atoms with van der Waals surface area (Å²) < 4.78 is 2.20. The highest BCUT2D eigenvalue weighted by atomic mass is 15.3. The van der Waals surface area contributed by atoms with E-state index in [0.717, 1.165) is 30.5 Å². The van der Waals surface area contributed by atoms with Crippen molar-refractivity contribution in [3.63, 3.8) is 0 Å². The van der Waals surface area contributed by atoms with E-state index in [1.54, 1.807) is 0 Å². The molecule has 0 saturated carbocycles.